The van der Waals surface area contributed by atoms with Crippen molar-refractivity contribution in [2.75, 3.05) is 7.11 Å². The summed E-state index contributed by atoms with van der Waals surface area (Å²) in [6.07, 6.45) is 0. The summed E-state index contributed by atoms with van der Waals surface area (Å²) in [4.78, 5) is 10.7. The second-order valence-corrected chi connectivity index (χ2v) is 12.8. The van der Waals surface area contributed by atoms with Crippen LogP contribution >= 0.6 is 0 Å². The number of aromatic nitrogens is 2. The van der Waals surface area contributed by atoms with Gasteiger partial charge in [0.2, 0.25) is 8.32 Å². The minimum Gasteiger partial charge on any atom is -0.497 e. The van der Waals surface area contributed by atoms with Gasteiger partial charge >= 0.3 is 0 Å². The predicted molar refractivity (Wildman–Crippen MR) is 153 cm³/mol. The van der Waals surface area contributed by atoms with Gasteiger partial charge in [0.25, 0.3) is 0 Å². The Bertz CT molecular complexity index is 1400. The van der Waals surface area contributed by atoms with Crippen LogP contribution < -0.4 is 10.1 Å². The van der Waals surface area contributed by atoms with Crippen LogP contribution in [0.5, 0.6) is 5.75 Å². The highest BCUT2D eigenvalue weighted by Crippen LogP contribution is 2.28. The van der Waals surface area contributed by atoms with Gasteiger partial charge in [0, 0.05) is 41.5 Å². The molecule has 5 heteroatoms. The summed E-state index contributed by atoms with van der Waals surface area (Å²) in [7, 11) is 3.60. The van der Waals surface area contributed by atoms with Crippen molar-refractivity contribution in [3.05, 3.63) is 84.9 Å². The van der Waals surface area contributed by atoms with Gasteiger partial charge in [-0.05, 0) is 71.6 Å². The van der Waals surface area contributed by atoms with Crippen molar-refractivity contribution in [3.8, 4) is 17.0 Å². The number of hydrogen-bond donors (Lipinski definition) is 1. The second-order valence-electron chi connectivity index (χ2n) is 8.76. The molecule has 0 saturated heterocycles. The Labute approximate surface area is 210 Å². The number of methoxy groups -OCH3 is 1. The van der Waals surface area contributed by atoms with Gasteiger partial charge in [-0.1, -0.05) is 57.7 Å². The van der Waals surface area contributed by atoms with Gasteiger partial charge in [-0.3, -0.25) is 0 Å². The van der Waals surface area contributed by atoms with E-state index in [0.29, 0.717) is 0 Å². The van der Waals surface area contributed by atoms with Crippen molar-refractivity contribution in [1.82, 2.24) is 9.13 Å². The van der Waals surface area contributed by atoms with E-state index in [2.05, 4.69) is 97.7 Å². The number of nitrogens with zero attached hydrogens (tertiary/aromatic N) is 2. The van der Waals surface area contributed by atoms with Crippen LogP contribution in [-0.2, 0) is 14.1 Å². The molecule has 0 aliphatic carbocycles. The van der Waals surface area contributed by atoms with Crippen LogP contribution in [0.2, 0.25) is 12.1 Å². The molecule has 4 nitrogen and oxygen atoms in total. The molecule has 184 valence electrons. The van der Waals surface area contributed by atoms with Gasteiger partial charge in [-0.25, -0.2) is 0 Å². The van der Waals surface area contributed by atoms with Crippen LogP contribution in [0.15, 0.2) is 84.9 Å². The summed E-state index contributed by atoms with van der Waals surface area (Å²) in [5.74, 6) is 0.887. The molecule has 3 aromatic carbocycles. The van der Waals surface area contributed by atoms with E-state index < -0.39 is 8.32 Å². The molecular formula is C30H38N2O2Si. The minimum absolute atomic E-state index is 0. The van der Waals surface area contributed by atoms with E-state index in [0.717, 1.165) is 23.2 Å². The summed E-state index contributed by atoms with van der Waals surface area (Å²) >= 11 is 0. The number of fused-ring (bicyclic) bond motifs is 2. The molecule has 5 rings (SSSR count). The summed E-state index contributed by atoms with van der Waals surface area (Å²) in [6, 6.07) is 31.0. The quantitative estimate of drug-likeness (QED) is 0.276. The van der Waals surface area contributed by atoms with Crippen LogP contribution in [0.3, 0.4) is 0 Å². The summed E-state index contributed by atoms with van der Waals surface area (Å²) in [5.41, 5.74) is 4.89. The average molecular weight is 487 g/mol. The van der Waals surface area contributed by atoms with Crippen LogP contribution in [0.4, 0.5) is 0 Å². The third-order valence-corrected chi connectivity index (χ3v) is 10.7. The maximum absolute atomic E-state index is 10.7. The van der Waals surface area contributed by atoms with Gasteiger partial charge in [0.1, 0.15) is 5.75 Å². The number of benzene rings is 3. The van der Waals surface area contributed by atoms with E-state index in [1.807, 2.05) is 24.3 Å². The van der Waals surface area contributed by atoms with E-state index in [4.69, 9.17) is 4.74 Å². The summed E-state index contributed by atoms with van der Waals surface area (Å²) < 4.78 is 9.57. The number of rotatable bonds is 5. The lowest BCUT2D eigenvalue weighted by Gasteiger charge is -2.22. The topological polar surface area (TPSA) is 39.3 Å². The Hall–Kier alpha value is -3.28. The molecule has 0 aliphatic heterocycles. The monoisotopic (exact) mass is 486 g/mol. The molecule has 0 bridgehead atoms. The van der Waals surface area contributed by atoms with Crippen molar-refractivity contribution in [2.24, 2.45) is 14.1 Å². The molecule has 0 saturated carbocycles. The molecule has 0 unspecified atom stereocenters. The highest BCUT2D eigenvalue weighted by Gasteiger charge is 2.32. The molecule has 0 radical (unpaired) electrons. The third-order valence-electron chi connectivity index (χ3n) is 6.94. The maximum Gasteiger partial charge on any atom is 0.236 e. The fraction of sp³-hybridized carbons (Fsp3) is 0.267. The van der Waals surface area contributed by atoms with Gasteiger partial charge in [0.15, 0.2) is 0 Å². The molecule has 0 atom stereocenters. The first-order valence-corrected chi connectivity index (χ1v) is 14.2. The fourth-order valence-electron chi connectivity index (χ4n) is 4.68. The standard InChI is InChI=1S/C16H15NO.C13H19NOSi.CH4/c1-17-15-6-4-3-5-13(15)11-16(17)12-7-9-14(18-2)10-8-12;1-4-16(15,5-2)13-10-11-8-6-7-9-12(11)14(13)3;/h3-11H,1-2H3;6-10,15H,4-5H2,1-3H3;1H4. The lowest BCUT2D eigenvalue weighted by atomic mass is 10.1. The number of hydrogen-bond acceptors (Lipinski definition) is 2. The Morgan fingerprint density at radius 2 is 1.26 bits per heavy atom. The molecule has 0 amide bonds. The molecule has 0 aliphatic rings. The zero-order valence-corrected chi connectivity index (χ0v) is 21.7. The highest BCUT2D eigenvalue weighted by molar-refractivity contribution is 6.85. The largest absolute Gasteiger partial charge is 0.497 e. The zero-order valence-electron chi connectivity index (χ0n) is 20.7. The van der Waals surface area contributed by atoms with Crippen molar-refractivity contribution >= 4 is 35.4 Å². The van der Waals surface area contributed by atoms with Crippen molar-refractivity contribution < 1.29 is 9.53 Å². The van der Waals surface area contributed by atoms with Gasteiger partial charge in [-0.15, -0.1) is 0 Å². The first-order chi connectivity index (χ1) is 16.4. The Morgan fingerprint density at radius 3 is 1.74 bits per heavy atom. The van der Waals surface area contributed by atoms with E-state index >= 15 is 0 Å². The molecule has 5 aromatic rings. The molecule has 2 heterocycles. The Morgan fingerprint density at radius 1 is 0.743 bits per heavy atom. The predicted octanol–water partition coefficient (Wildman–Crippen LogP) is 6.85. The fourth-order valence-corrected chi connectivity index (χ4v) is 7.07. The Kier molecular flexibility index (Phi) is 8.25. The average Bonchev–Trinajstić information content (AvgIpc) is 3.41. The van der Waals surface area contributed by atoms with Gasteiger partial charge < -0.3 is 18.7 Å². The zero-order chi connectivity index (χ0) is 24.3. The lowest BCUT2D eigenvalue weighted by molar-refractivity contribution is 0.415. The molecular weight excluding hydrogens is 448 g/mol. The number of aryl methyl sites for hydroxylation is 2. The number of para-hydroxylation sites is 2. The van der Waals surface area contributed by atoms with Gasteiger partial charge in [0.05, 0.1) is 7.11 Å². The summed E-state index contributed by atoms with van der Waals surface area (Å²) in [5, 5.41) is 3.65. The van der Waals surface area contributed by atoms with Crippen molar-refractivity contribution in [3.63, 3.8) is 0 Å². The van der Waals surface area contributed by atoms with E-state index in [1.165, 1.54) is 33.1 Å². The van der Waals surface area contributed by atoms with Crippen molar-refractivity contribution in [2.45, 2.75) is 33.4 Å². The molecule has 2 aromatic heterocycles. The Balaban J connectivity index is 0.000000192. The van der Waals surface area contributed by atoms with E-state index in [-0.39, 0.29) is 7.43 Å². The first-order valence-electron chi connectivity index (χ1n) is 11.9. The SMILES string of the molecule is C.CC[Si](O)(CC)c1cc2ccccc2n1C.COc1ccc(-c2cc3ccccc3n2C)cc1. The number of ether oxygens (including phenoxy) is 1. The van der Waals surface area contributed by atoms with Gasteiger partial charge in [-0.2, -0.15) is 0 Å². The van der Waals surface area contributed by atoms with Crippen LogP contribution in [0.1, 0.15) is 21.3 Å². The normalized spacial score (nSPS) is 11.1. The lowest BCUT2D eigenvalue weighted by Crippen LogP contribution is -2.49. The highest BCUT2D eigenvalue weighted by atomic mass is 28.4. The molecule has 1 N–H and O–H groups in total. The minimum atomic E-state index is -2.24. The first kappa shape index (κ1) is 26.3. The molecule has 35 heavy (non-hydrogen) atoms. The van der Waals surface area contributed by atoms with Crippen LogP contribution in [-0.4, -0.2) is 29.4 Å². The van der Waals surface area contributed by atoms with E-state index in [1.54, 1.807) is 7.11 Å². The third kappa shape index (κ3) is 5.07. The smallest absolute Gasteiger partial charge is 0.236 e. The van der Waals surface area contributed by atoms with Crippen molar-refractivity contribution in [1.29, 1.82) is 0 Å². The molecule has 0 spiro atoms. The van der Waals surface area contributed by atoms with Crippen LogP contribution in [0, 0.1) is 0 Å². The maximum atomic E-state index is 10.7. The second kappa shape index (κ2) is 11.0. The molecule has 0 fully saturated rings. The van der Waals surface area contributed by atoms with Crippen LogP contribution in [0.25, 0.3) is 33.1 Å². The summed E-state index contributed by atoms with van der Waals surface area (Å²) in [6.45, 7) is 4.18. The van der Waals surface area contributed by atoms with E-state index in [9.17, 15) is 4.80 Å².